The van der Waals surface area contributed by atoms with Gasteiger partial charge in [-0.2, -0.15) is 0 Å². The van der Waals surface area contributed by atoms with Gasteiger partial charge >= 0.3 is 0 Å². The van der Waals surface area contributed by atoms with Crippen molar-refractivity contribution in [2.45, 2.75) is 6.92 Å². The van der Waals surface area contributed by atoms with Gasteiger partial charge in [0, 0.05) is 11.3 Å². The molecule has 0 unspecified atom stereocenters. The molecular weight excluding hydrogens is 233 g/mol. The number of phenols is 1. The van der Waals surface area contributed by atoms with Crippen LogP contribution in [0.5, 0.6) is 5.75 Å². The van der Waals surface area contributed by atoms with Crippen molar-refractivity contribution < 1.29 is 14.3 Å². The van der Waals surface area contributed by atoms with Crippen LogP contribution in [-0.4, -0.2) is 11.0 Å². The minimum atomic E-state index is -0.338. The maximum Gasteiger partial charge on any atom is 0.255 e. The fourth-order valence-corrected chi connectivity index (χ4v) is 1.57. The number of nitrogens with one attached hydrogen (secondary N) is 1. The van der Waals surface area contributed by atoms with Gasteiger partial charge in [0.15, 0.2) is 0 Å². The molecule has 4 heteroatoms. The summed E-state index contributed by atoms with van der Waals surface area (Å²) in [5, 5.41) is 11.8. The van der Waals surface area contributed by atoms with Gasteiger partial charge in [-0.25, -0.2) is 4.39 Å². The molecule has 0 aliphatic rings. The fraction of sp³-hybridized carbons (Fsp3) is 0.0714. The molecule has 0 spiro atoms. The molecule has 2 N–H and O–H groups in total. The highest BCUT2D eigenvalue weighted by Crippen LogP contribution is 2.17. The molecule has 2 rings (SSSR count). The molecule has 92 valence electrons. The minimum Gasteiger partial charge on any atom is -0.508 e. The van der Waals surface area contributed by atoms with E-state index in [0.717, 1.165) is 0 Å². The predicted molar refractivity (Wildman–Crippen MR) is 67.2 cm³/mol. The number of halogens is 1. The number of aryl methyl sites for hydroxylation is 1. The van der Waals surface area contributed by atoms with Gasteiger partial charge < -0.3 is 10.4 Å². The molecule has 0 heterocycles. The van der Waals surface area contributed by atoms with E-state index in [-0.39, 0.29) is 17.5 Å². The van der Waals surface area contributed by atoms with E-state index in [1.807, 2.05) is 0 Å². The van der Waals surface area contributed by atoms with Crippen LogP contribution in [0.3, 0.4) is 0 Å². The van der Waals surface area contributed by atoms with Crippen molar-refractivity contribution in [3.8, 4) is 5.75 Å². The SMILES string of the molecule is Cc1cc(F)ccc1NC(=O)c1ccc(O)cc1. The molecule has 0 saturated carbocycles. The Kier molecular flexibility index (Phi) is 3.28. The minimum absolute atomic E-state index is 0.101. The largest absolute Gasteiger partial charge is 0.508 e. The zero-order valence-electron chi connectivity index (χ0n) is 9.77. The molecule has 0 bridgehead atoms. The average Bonchev–Trinajstić information content (AvgIpc) is 2.33. The Balaban J connectivity index is 2.18. The summed E-state index contributed by atoms with van der Waals surface area (Å²) < 4.78 is 12.9. The molecule has 0 aliphatic heterocycles. The number of hydrogen-bond acceptors (Lipinski definition) is 2. The molecule has 18 heavy (non-hydrogen) atoms. The number of hydrogen-bond donors (Lipinski definition) is 2. The summed E-state index contributed by atoms with van der Waals surface area (Å²) in [6.07, 6.45) is 0. The van der Waals surface area contributed by atoms with Crippen molar-refractivity contribution in [1.29, 1.82) is 0 Å². The molecule has 0 atom stereocenters. The Labute approximate surface area is 104 Å². The number of carbonyl (C=O) groups excluding carboxylic acids is 1. The highest BCUT2D eigenvalue weighted by Gasteiger charge is 2.07. The van der Waals surface area contributed by atoms with E-state index in [1.54, 1.807) is 6.92 Å². The average molecular weight is 245 g/mol. The summed E-state index contributed by atoms with van der Waals surface area (Å²) in [7, 11) is 0. The topological polar surface area (TPSA) is 49.3 Å². The highest BCUT2D eigenvalue weighted by atomic mass is 19.1. The van der Waals surface area contributed by atoms with Crippen molar-refractivity contribution in [3.63, 3.8) is 0 Å². The first-order valence-corrected chi connectivity index (χ1v) is 5.43. The molecule has 0 radical (unpaired) electrons. The van der Waals surface area contributed by atoms with Crippen LogP contribution in [0.15, 0.2) is 42.5 Å². The van der Waals surface area contributed by atoms with Gasteiger partial charge in [-0.05, 0) is 55.0 Å². The maximum atomic E-state index is 12.9. The molecule has 1 amide bonds. The van der Waals surface area contributed by atoms with Gasteiger partial charge in [0.1, 0.15) is 11.6 Å². The van der Waals surface area contributed by atoms with Crippen LogP contribution in [0.1, 0.15) is 15.9 Å². The molecular formula is C14H12FNO2. The van der Waals surface area contributed by atoms with Crippen molar-refractivity contribution >= 4 is 11.6 Å². The third-order valence-corrected chi connectivity index (χ3v) is 2.57. The van der Waals surface area contributed by atoms with E-state index < -0.39 is 0 Å². The first kappa shape index (κ1) is 12.1. The van der Waals surface area contributed by atoms with E-state index in [9.17, 15) is 9.18 Å². The summed E-state index contributed by atoms with van der Waals surface area (Å²) in [5.74, 6) is -0.538. The standard InChI is InChI=1S/C14H12FNO2/c1-9-8-11(15)4-7-13(9)16-14(18)10-2-5-12(17)6-3-10/h2-8,17H,1H3,(H,16,18). The number of carbonyl (C=O) groups is 1. The molecule has 2 aromatic rings. The van der Waals surface area contributed by atoms with E-state index in [2.05, 4.69) is 5.32 Å². The Bertz CT molecular complexity index is 579. The summed E-state index contributed by atoms with van der Waals surface area (Å²) in [6.45, 7) is 1.72. The van der Waals surface area contributed by atoms with Gasteiger partial charge in [-0.3, -0.25) is 4.79 Å². The number of aromatic hydroxyl groups is 1. The van der Waals surface area contributed by atoms with E-state index in [0.29, 0.717) is 16.8 Å². The van der Waals surface area contributed by atoms with Gasteiger partial charge in [-0.15, -0.1) is 0 Å². The zero-order chi connectivity index (χ0) is 13.1. The molecule has 2 aromatic carbocycles. The Morgan fingerprint density at radius 2 is 1.83 bits per heavy atom. The zero-order valence-corrected chi connectivity index (χ0v) is 9.77. The summed E-state index contributed by atoms with van der Waals surface area (Å²) >= 11 is 0. The quantitative estimate of drug-likeness (QED) is 0.854. The van der Waals surface area contributed by atoms with Gasteiger partial charge in [0.05, 0.1) is 0 Å². The van der Waals surface area contributed by atoms with Crippen molar-refractivity contribution in [3.05, 3.63) is 59.4 Å². The van der Waals surface area contributed by atoms with Crippen LogP contribution in [0, 0.1) is 12.7 Å². The molecule has 0 aromatic heterocycles. The highest BCUT2D eigenvalue weighted by molar-refractivity contribution is 6.04. The second-order valence-corrected chi connectivity index (χ2v) is 3.96. The second kappa shape index (κ2) is 4.87. The van der Waals surface area contributed by atoms with Crippen LogP contribution < -0.4 is 5.32 Å². The maximum absolute atomic E-state index is 12.9. The molecule has 0 saturated heterocycles. The first-order valence-electron chi connectivity index (χ1n) is 5.43. The van der Waals surface area contributed by atoms with E-state index in [1.165, 1.54) is 42.5 Å². The first-order chi connectivity index (χ1) is 8.56. The predicted octanol–water partition coefficient (Wildman–Crippen LogP) is 3.09. The smallest absolute Gasteiger partial charge is 0.255 e. The summed E-state index contributed by atoms with van der Waals surface area (Å²) in [4.78, 5) is 11.9. The molecule has 3 nitrogen and oxygen atoms in total. The lowest BCUT2D eigenvalue weighted by Gasteiger charge is -2.08. The lowest BCUT2D eigenvalue weighted by molar-refractivity contribution is 0.102. The van der Waals surface area contributed by atoms with Crippen LogP contribution in [0.2, 0.25) is 0 Å². The van der Waals surface area contributed by atoms with Crippen molar-refractivity contribution in [2.75, 3.05) is 5.32 Å². The normalized spacial score (nSPS) is 10.1. The monoisotopic (exact) mass is 245 g/mol. The Morgan fingerprint density at radius 3 is 2.44 bits per heavy atom. The van der Waals surface area contributed by atoms with Gasteiger partial charge in [0.2, 0.25) is 0 Å². The van der Waals surface area contributed by atoms with E-state index in [4.69, 9.17) is 5.11 Å². The summed E-state index contributed by atoms with van der Waals surface area (Å²) in [6, 6.07) is 10.1. The van der Waals surface area contributed by atoms with Crippen LogP contribution in [0.4, 0.5) is 10.1 Å². The third kappa shape index (κ3) is 2.66. The lowest BCUT2D eigenvalue weighted by Crippen LogP contribution is -2.12. The van der Waals surface area contributed by atoms with Crippen molar-refractivity contribution in [2.24, 2.45) is 0 Å². The number of phenolic OH excluding ortho intramolecular Hbond substituents is 1. The van der Waals surface area contributed by atoms with E-state index >= 15 is 0 Å². The molecule has 0 fully saturated rings. The van der Waals surface area contributed by atoms with Gasteiger partial charge in [-0.1, -0.05) is 0 Å². The van der Waals surface area contributed by atoms with Gasteiger partial charge in [0.25, 0.3) is 5.91 Å². The summed E-state index contributed by atoms with van der Waals surface area (Å²) in [5.41, 5.74) is 1.65. The number of benzene rings is 2. The number of anilines is 1. The van der Waals surface area contributed by atoms with Crippen LogP contribution in [0.25, 0.3) is 0 Å². The fourth-order valence-electron chi connectivity index (χ4n) is 1.57. The van der Waals surface area contributed by atoms with Crippen LogP contribution in [-0.2, 0) is 0 Å². The van der Waals surface area contributed by atoms with Crippen molar-refractivity contribution in [1.82, 2.24) is 0 Å². The number of rotatable bonds is 2. The third-order valence-electron chi connectivity index (χ3n) is 2.57. The number of amides is 1. The molecule has 0 aliphatic carbocycles. The van der Waals surface area contributed by atoms with Crippen LogP contribution >= 0.6 is 0 Å². The lowest BCUT2D eigenvalue weighted by atomic mass is 10.1. The Hall–Kier alpha value is -2.36. The Morgan fingerprint density at radius 1 is 1.17 bits per heavy atom. The second-order valence-electron chi connectivity index (χ2n) is 3.96.